The fourth-order valence-corrected chi connectivity index (χ4v) is 3.29. The number of rotatable bonds is 9. The minimum atomic E-state index is 0.0113. The number of benzene rings is 3. The van der Waals surface area contributed by atoms with Crippen molar-refractivity contribution < 1.29 is 9.47 Å². The van der Waals surface area contributed by atoms with Crippen LogP contribution in [0.2, 0.25) is 0 Å². The zero-order chi connectivity index (χ0) is 23.5. The second-order valence-corrected chi connectivity index (χ2v) is 7.26. The SMILES string of the molecule is CC.COc1ccc(CN[C@H](C)[C@@H](Nc2ccc(N)c(N)c2)c2ccc(OC)cc2)cc1. The molecule has 3 aromatic rings. The molecule has 0 amide bonds. The topological polar surface area (TPSA) is 94.6 Å². The maximum absolute atomic E-state index is 6.00. The van der Waals surface area contributed by atoms with E-state index >= 15 is 0 Å². The Morgan fingerprint density at radius 3 is 1.88 bits per heavy atom. The van der Waals surface area contributed by atoms with Crippen molar-refractivity contribution in [3.8, 4) is 11.5 Å². The highest BCUT2D eigenvalue weighted by molar-refractivity contribution is 5.69. The van der Waals surface area contributed by atoms with Crippen molar-refractivity contribution in [2.75, 3.05) is 31.0 Å². The molecule has 6 heteroatoms. The van der Waals surface area contributed by atoms with Gasteiger partial charge in [-0.25, -0.2) is 0 Å². The van der Waals surface area contributed by atoms with Crippen LogP contribution in [0.4, 0.5) is 17.1 Å². The second kappa shape index (κ2) is 12.5. The van der Waals surface area contributed by atoms with Crippen molar-refractivity contribution in [2.45, 2.75) is 39.4 Å². The van der Waals surface area contributed by atoms with Crippen LogP contribution in [0.1, 0.15) is 37.9 Å². The minimum absolute atomic E-state index is 0.0113. The average Bonchev–Trinajstić information content (AvgIpc) is 2.85. The molecule has 0 heterocycles. The molecule has 6 nitrogen and oxygen atoms in total. The Labute approximate surface area is 191 Å². The van der Waals surface area contributed by atoms with Crippen molar-refractivity contribution in [2.24, 2.45) is 0 Å². The first-order valence-corrected chi connectivity index (χ1v) is 10.9. The monoisotopic (exact) mass is 436 g/mol. The van der Waals surface area contributed by atoms with E-state index in [1.54, 1.807) is 14.2 Å². The first-order chi connectivity index (χ1) is 15.5. The summed E-state index contributed by atoms with van der Waals surface area (Å²) >= 11 is 0. The van der Waals surface area contributed by atoms with E-state index in [0.29, 0.717) is 11.4 Å². The number of nitrogen functional groups attached to an aromatic ring is 2. The number of nitrogens with one attached hydrogen (secondary N) is 2. The van der Waals surface area contributed by atoms with Crippen molar-refractivity contribution in [3.05, 3.63) is 77.9 Å². The fourth-order valence-electron chi connectivity index (χ4n) is 3.29. The Hall–Kier alpha value is -3.38. The van der Waals surface area contributed by atoms with Gasteiger partial charge in [-0.05, 0) is 60.5 Å². The van der Waals surface area contributed by atoms with E-state index in [4.69, 9.17) is 20.9 Å². The van der Waals surface area contributed by atoms with Gasteiger partial charge in [0.15, 0.2) is 0 Å². The molecule has 0 radical (unpaired) electrons. The molecule has 0 fully saturated rings. The molecule has 2 atom stereocenters. The summed E-state index contributed by atoms with van der Waals surface area (Å²) in [5, 5.41) is 7.22. The fraction of sp³-hybridized carbons (Fsp3) is 0.308. The first kappa shape index (κ1) is 24.9. The van der Waals surface area contributed by atoms with E-state index in [1.165, 1.54) is 5.56 Å². The van der Waals surface area contributed by atoms with Crippen LogP contribution in [0.15, 0.2) is 66.7 Å². The second-order valence-electron chi connectivity index (χ2n) is 7.26. The van der Waals surface area contributed by atoms with Gasteiger partial charge < -0.3 is 31.6 Å². The Morgan fingerprint density at radius 2 is 1.34 bits per heavy atom. The zero-order valence-electron chi connectivity index (χ0n) is 19.7. The molecule has 0 aliphatic carbocycles. The highest BCUT2D eigenvalue weighted by atomic mass is 16.5. The maximum atomic E-state index is 6.00. The van der Waals surface area contributed by atoms with E-state index in [9.17, 15) is 0 Å². The standard InChI is InChI=1S/C24H30N4O2.C2H6/c1-16(27-15-17-4-9-20(29-2)10-5-17)24(18-6-11-21(30-3)12-7-18)28-19-8-13-22(25)23(26)14-19;1-2/h4-14,16,24,27-28H,15,25-26H2,1-3H3;1-2H3/t16-,24-;/m1./s1. The number of hydrogen-bond acceptors (Lipinski definition) is 6. The van der Waals surface area contributed by atoms with Gasteiger partial charge in [-0.3, -0.25) is 0 Å². The molecule has 6 N–H and O–H groups in total. The van der Waals surface area contributed by atoms with Gasteiger partial charge in [-0.1, -0.05) is 38.1 Å². The van der Waals surface area contributed by atoms with Crippen LogP contribution in [0, 0.1) is 0 Å². The van der Waals surface area contributed by atoms with Gasteiger partial charge >= 0.3 is 0 Å². The lowest BCUT2D eigenvalue weighted by Gasteiger charge is -2.28. The van der Waals surface area contributed by atoms with Crippen molar-refractivity contribution in [3.63, 3.8) is 0 Å². The van der Waals surface area contributed by atoms with Crippen LogP contribution in [0.3, 0.4) is 0 Å². The van der Waals surface area contributed by atoms with Gasteiger partial charge in [-0.2, -0.15) is 0 Å². The normalized spacial score (nSPS) is 12.2. The van der Waals surface area contributed by atoms with E-state index in [2.05, 4.69) is 41.8 Å². The summed E-state index contributed by atoms with van der Waals surface area (Å²) in [6.07, 6.45) is 0. The van der Waals surface area contributed by atoms with Gasteiger partial charge in [0.1, 0.15) is 11.5 Å². The Kier molecular flexibility index (Phi) is 9.70. The third-order valence-electron chi connectivity index (χ3n) is 5.17. The van der Waals surface area contributed by atoms with Crippen molar-refractivity contribution in [1.82, 2.24) is 5.32 Å². The third kappa shape index (κ3) is 6.82. The van der Waals surface area contributed by atoms with E-state index in [-0.39, 0.29) is 12.1 Å². The van der Waals surface area contributed by atoms with E-state index in [1.807, 2.05) is 56.3 Å². The molecule has 0 saturated heterocycles. The molecule has 32 heavy (non-hydrogen) atoms. The summed E-state index contributed by atoms with van der Waals surface area (Å²) in [5.74, 6) is 1.68. The molecular formula is C26H36N4O2. The summed E-state index contributed by atoms with van der Waals surface area (Å²) in [6.45, 7) is 6.90. The van der Waals surface area contributed by atoms with Crippen LogP contribution in [-0.4, -0.2) is 20.3 Å². The summed E-state index contributed by atoms with van der Waals surface area (Å²) < 4.78 is 10.5. The Balaban J connectivity index is 0.00000176. The van der Waals surface area contributed by atoms with Crippen LogP contribution in [0.25, 0.3) is 0 Å². The lowest BCUT2D eigenvalue weighted by Crippen LogP contribution is -2.35. The number of methoxy groups -OCH3 is 2. The summed E-state index contributed by atoms with van der Waals surface area (Å²) in [6, 6.07) is 21.9. The number of hydrogen-bond donors (Lipinski definition) is 4. The van der Waals surface area contributed by atoms with Crippen LogP contribution < -0.4 is 31.6 Å². The molecular weight excluding hydrogens is 400 g/mol. The average molecular weight is 437 g/mol. The molecule has 0 aromatic heterocycles. The van der Waals surface area contributed by atoms with E-state index in [0.717, 1.165) is 29.3 Å². The molecule has 0 spiro atoms. The van der Waals surface area contributed by atoms with Gasteiger partial charge in [0.25, 0.3) is 0 Å². The molecule has 3 aromatic carbocycles. The zero-order valence-corrected chi connectivity index (χ0v) is 19.7. The highest BCUT2D eigenvalue weighted by Crippen LogP contribution is 2.28. The number of nitrogens with two attached hydrogens (primary N) is 2. The predicted octanol–water partition coefficient (Wildman–Crippen LogP) is 5.23. The Bertz CT molecular complexity index is 943. The smallest absolute Gasteiger partial charge is 0.118 e. The third-order valence-corrected chi connectivity index (χ3v) is 5.17. The minimum Gasteiger partial charge on any atom is -0.497 e. The molecule has 0 aliphatic heterocycles. The molecule has 172 valence electrons. The van der Waals surface area contributed by atoms with Crippen LogP contribution >= 0.6 is 0 Å². The first-order valence-electron chi connectivity index (χ1n) is 10.9. The number of ether oxygens (including phenoxy) is 2. The number of anilines is 3. The summed E-state index contributed by atoms with van der Waals surface area (Å²) in [7, 11) is 3.34. The summed E-state index contributed by atoms with van der Waals surface area (Å²) in [5.41, 5.74) is 16.3. The van der Waals surface area contributed by atoms with Crippen LogP contribution in [0.5, 0.6) is 11.5 Å². The largest absolute Gasteiger partial charge is 0.497 e. The summed E-state index contributed by atoms with van der Waals surface area (Å²) in [4.78, 5) is 0. The van der Waals surface area contributed by atoms with Crippen molar-refractivity contribution >= 4 is 17.1 Å². The van der Waals surface area contributed by atoms with Crippen molar-refractivity contribution in [1.29, 1.82) is 0 Å². The Morgan fingerprint density at radius 1 is 0.781 bits per heavy atom. The maximum Gasteiger partial charge on any atom is 0.118 e. The lowest BCUT2D eigenvalue weighted by atomic mass is 9.99. The van der Waals surface area contributed by atoms with Gasteiger partial charge in [0.2, 0.25) is 0 Å². The molecule has 0 bridgehead atoms. The molecule has 0 aliphatic rings. The van der Waals surface area contributed by atoms with E-state index < -0.39 is 0 Å². The van der Waals surface area contributed by atoms with Gasteiger partial charge in [-0.15, -0.1) is 0 Å². The molecule has 0 saturated carbocycles. The van der Waals surface area contributed by atoms with Crippen LogP contribution in [-0.2, 0) is 6.54 Å². The quantitative estimate of drug-likeness (QED) is 0.343. The molecule has 0 unspecified atom stereocenters. The van der Waals surface area contributed by atoms with Gasteiger partial charge in [0, 0.05) is 18.3 Å². The highest BCUT2D eigenvalue weighted by Gasteiger charge is 2.19. The predicted molar refractivity (Wildman–Crippen MR) is 135 cm³/mol. The molecule has 3 rings (SSSR count). The lowest BCUT2D eigenvalue weighted by molar-refractivity contribution is 0.414. The van der Waals surface area contributed by atoms with Gasteiger partial charge in [0.05, 0.1) is 31.6 Å².